The van der Waals surface area contributed by atoms with Crippen LogP contribution in [0.25, 0.3) is 0 Å². The van der Waals surface area contributed by atoms with Gasteiger partial charge in [0.1, 0.15) is 5.76 Å². The summed E-state index contributed by atoms with van der Waals surface area (Å²) in [5.74, 6) is 0.895. The average Bonchev–Trinajstić information content (AvgIpc) is 2.55. The van der Waals surface area contributed by atoms with Gasteiger partial charge in [0.2, 0.25) is 0 Å². The van der Waals surface area contributed by atoms with Gasteiger partial charge in [-0.15, -0.1) is 0 Å². The Kier molecular flexibility index (Phi) is 3.72. The van der Waals surface area contributed by atoms with Gasteiger partial charge in [-0.05, 0) is 17.5 Å². The zero-order valence-corrected chi connectivity index (χ0v) is 9.08. The number of nitrogens with one attached hydrogen (secondary N) is 1. The molecule has 0 aliphatic heterocycles. The molecule has 0 saturated heterocycles. The number of aliphatic hydroxyl groups is 1. The molecule has 0 radical (unpaired) electrons. The maximum absolute atomic E-state index is 9.72. The van der Waals surface area contributed by atoms with Gasteiger partial charge in [0.25, 0.3) is 0 Å². The van der Waals surface area contributed by atoms with Crippen LogP contribution in [0.3, 0.4) is 0 Å². The molecule has 1 rings (SSSR count). The third-order valence-corrected chi connectivity index (χ3v) is 2.22. The van der Waals surface area contributed by atoms with Gasteiger partial charge in [0, 0.05) is 6.54 Å². The molecular weight excluding hydrogens is 178 g/mol. The van der Waals surface area contributed by atoms with E-state index in [-0.39, 0.29) is 11.5 Å². The Labute approximate surface area is 85.1 Å². The molecule has 0 spiro atoms. The maximum atomic E-state index is 9.72. The zero-order chi connectivity index (χ0) is 10.6. The van der Waals surface area contributed by atoms with Gasteiger partial charge in [-0.25, -0.2) is 0 Å². The minimum atomic E-state index is -0.336. The Morgan fingerprint density at radius 1 is 1.50 bits per heavy atom. The van der Waals surface area contributed by atoms with Gasteiger partial charge in [-0.3, -0.25) is 0 Å². The Balaban J connectivity index is 2.22. The number of aliphatic hydroxyl groups excluding tert-OH is 1. The summed E-state index contributed by atoms with van der Waals surface area (Å²) < 4.78 is 5.16. The zero-order valence-electron chi connectivity index (χ0n) is 9.08. The number of hydrogen-bond acceptors (Lipinski definition) is 3. The van der Waals surface area contributed by atoms with Crippen molar-refractivity contribution >= 4 is 0 Å². The Bertz CT molecular complexity index is 249. The summed E-state index contributed by atoms with van der Waals surface area (Å²) in [5, 5.41) is 12.9. The smallest absolute Gasteiger partial charge is 0.117 e. The van der Waals surface area contributed by atoms with Gasteiger partial charge in [0.05, 0.1) is 18.9 Å². The second kappa shape index (κ2) is 4.62. The molecule has 1 aromatic heterocycles. The molecule has 14 heavy (non-hydrogen) atoms. The molecule has 1 unspecified atom stereocenters. The predicted octanol–water partition coefficient (Wildman–Crippen LogP) is 1.78. The molecule has 0 aromatic carbocycles. The lowest BCUT2D eigenvalue weighted by atomic mass is 9.89. The van der Waals surface area contributed by atoms with Crippen LogP contribution in [0.2, 0.25) is 0 Å². The normalized spacial score (nSPS) is 14.3. The Hall–Kier alpha value is -0.800. The lowest BCUT2D eigenvalue weighted by molar-refractivity contribution is 0.0624. The van der Waals surface area contributed by atoms with Crippen LogP contribution >= 0.6 is 0 Å². The average molecular weight is 197 g/mol. The van der Waals surface area contributed by atoms with Gasteiger partial charge < -0.3 is 14.8 Å². The van der Waals surface area contributed by atoms with E-state index in [1.54, 1.807) is 6.26 Å². The fourth-order valence-corrected chi connectivity index (χ4v) is 1.05. The van der Waals surface area contributed by atoms with Crippen LogP contribution in [-0.2, 0) is 6.54 Å². The summed E-state index contributed by atoms with van der Waals surface area (Å²) in [7, 11) is 0. The van der Waals surface area contributed by atoms with Crippen LogP contribution in [-0.4, -0.2) is 17.8 Å². The molecule has 3 heteroatoms. The predicted molar refractivity (Wildman–Crippen MR) is 55.9 cm³/mol. The Morgan fingerprint density at radius 2 is 2.21 bits per heavy atom. The first-order valence-electron chi connectivity index (χ1n) is 4.91. The molecule has 1 atom stereocenters. The van der Waals surface area contributed by atoms with Crippen LogP contribution in [0.1, 0.15) is 26.5 Å². The standard InChI is InChI=1S/C11H19NO2/c1-11(2,3)10(13)8-12-7-9-5-4-6-14-9/h4-6,10,12-13H,7-8H2,1-3H3. The molecule has 2 N–H and O–H groups in total. The van der Waals surface area contributed by atoms with Gasteiger partial charge in [-0.1, -0.05) is 20.8 Å². The fourth-order valence-electron chi connectivity index (χ4n) is 1.05. The van der Waals surface area contributed by atoms with Crippen molar-refractivity contribution in [3.63, 3.8) is 0 Å². The van der Waals surface area contributed by atoms with Crippen molar-refractivity contribution in [3.05, 3.63) is 24.2 Å². The number of rotatable bonds is 4. The Morgan fingerprint density at radius 3 is 2.71 bits per heavy atom. The third kappa shape index (κ3) is 3.52. The highest BCUT2D eigenvalue weighted by Crippen LogP contribution is 2.18. The summed E-state index contributed by atoms with van der Waals surface area (Å²) in [5.41, 5.74) is -0.0732. The highest BCUT2D eigenvalue weighted by atomic mass is 16.3. The van der Waals surface area contributed by atoms with Crippen molar-refractivity contribution in [1.82, 2.24) is 5.32 Å². The largest absolute Gasteiger partial charge is 0.468 e. The van der Waals surface area contributed by atoms with Crippen LogP contribution in [0.5, 0.6) is 0 Å². The molecule has 80 valence electrons. The lowest BCUT2D eigenvalue weighted by Gasteiger charge is -2.25. The van der Waals surface area contributed by atoms with Gasteiger partial charge in [-0.2, -0.15) is 0 Å². The SMILES string of the molecule is CC(C)(C)C(O)CNCc1ccco1. The first-order valence-corrected chi connectivity index (χ1v) is 4.91. The van der Waals surface area contributed by atoms with E-state index in [9.17, 15) is 5.11 Å². The summed E-state index contributed by atoms with van der Waals surface area (Å²) in [6, 6.07) is 3.77. The summed E-state index contributed by atoms with van der Waals surface area (Å²) >= 11 is 0. The first-order chi connectivity index (χ1) is 6.50. The van der Waals surface area contributed by atoms with Crippen molar-refractivity contribution in [3.8, 4) is 0 Å². The summed E-state index contributed by atoms with van der Waals surface area (Å²) in [4.78, 5) is 0. The topological polar surface area (TPSA) is 45.4 Å². The molecule has 1 heterocycles. The van der Waals surface area contributed by atoms with Crippen LogP contribution < -0.4 is 5.32 Å². The van der Waals surface area contributed by atoms with Crippen molar-refractivity contribution in [2.24, 2.45) is 5.41 Å². The molecule has 0 saturated carbocycles. The molecule has 0 aliphatic carbocycles. The molecule has 3 nitrogen and oxygen atoms in total. The second-order valence-electron chi connectivity index (χ2n) is 4.59. The van der Waals surface area contributed by atoms with Crippen LogP contribution in [0.15, 0.2) is 22.8 Å². The van der Waals surface area contributed by atoms with Crippen LogP contribution in [0, 0.1) is 5.41 Å². The number of furan rings is 1. The highest BCUT2D eigenvalue weighted by Gasteiger charge is 2.21. The monoisotopic (exact) mass is 197 g/mol. The van der Waals surface area contributed by atoms with Crippen molar-refractivity contribution in [2.75, 3.05) is 6.54 Å². The van der Waals surface area contributed by atoms with Gasteiger partial charge >= 0.3 is 0 Å². The maximum Gasteiger partial charge on any atom is 0.117 e. The van der Waals surface area contributed by atoms with E-state index in [0.29, 0.717) is 13.1 Å². The fraction of sp³-hybridized carbons (Fsp3) is 0.636. The van der Waals surface area contributed by atoms with Crippen molar-refractivity contribution < 1.29 is 9.52 Å². The molecule has 1 aromatic rings. The van der Waals surface area contributed by atoms with E-state index in [0.717, 1.165) is 5.76 Å². The second-order valence-corrected chi connectivity index (χ2v) is 4.59. The van der Waals surface area contributed by atoms with Crippen molar-refractivity contribution in [2.45, 2.75) is 33.4 Å². The van der Waals surface area contributed by atoms with E-state index in [2.05, 4.69) is 5.32 Å². The highest BCUT2D eigenvalue weighted by molar-refractivity contribution is 4.97. The lowest BCUT2D eigenvalue weighted by Crippen LogP contribution is -2.36. The van der Waals surface area contributed by atoms with E-state index in [1.165, 1.54) is 0 Å². The molecule has 0 amide bonds. The van der Waals surface area contributed by atoms with E-state index in [1.807, 2.05) is 32.9 Å². The molecule has 0 aliphatic rings. The quantitative estimate of drug-likeness (QED) is 0.773. The minimum Gasteiger partial charge on any atom is -0.468 e. The van der Waals surface area contributed by atoms with E-state index < -0.39 is 0 Å². The molecular formula is C11H19NO2. The third-order valence-electron chi connectivity index (χ3n) is 2.22. The van der Waals surface area contributed by atoms with E-state index >= 15 is 0 Å². The van der Waals surface area contributed by atoms with Crippen LogP contribution in [0.4, 0.5) is 0 Å². The van der Waals surface area contributed by atoms with Gasteiger partial charge in [0.15, 0.2) is 0 Å². The summed E-state index contributed by atoms with van der Waals surface area (Å²) in [6.07, 6.45) is 1.31. The minimum absolute atomic E-state index is 0.0732. The van der Waals surface area contributed by atoms with E-state index in [4.69, 9.17) is 4.42 Å². The molecule has 0 fully saturated rings. The molecule has 0 bridgehead atoms. The first kappa shape index (κ1) is 11.3. The summed E-state index contributed by atoms with van der Waals surface area (Å²) in [6.45, 7) is 7.31. The van der Waals surface area contributed by atoms with Crippen molar-refractivity contribution in [1.29, 1.82) is 0 Å². The number of hydrogen-bond donors (Lipinski definition) is 2.